The second-order valence-corrected chi connectivity index (χ2v) is 9.48. The normalized spacial score (nSPS) is 20.6. The van der Waals surface area contributed by atoms with E-state index in [1.54, 1.807) is 22.7 Å². The molecule has 164 valence electrons. The lowest BCUT2D eigenvalue weighted by Crippen LogP contribution is -2.51. The molecule has 0 aromatic carbocycles. The minimum absolute atomic E-state index is 0.242. The topological polar surface area (TPSA) is 141 Å². The summed E-state index contributed by atoms with van der Waals surface area (Å²) in [6.45, 7) is 6.66. The van der Waals surface area contributed by atoms with Crippen LogP contribution in [0.3, 0.4) is 0 Å². The molecule has 2 aliphatic rings. The van der Waals surface area contributed by atoms with Crippen molar-refractivity contribution in [2.45, 2.75) is 39.5 Å². The fraction of sp³-hybridized carbons (Fsp3) is 0.368. The number of hydrogen-bond acceptors (Lipinski definition) is 12. The molecule has 0 radical (unpaired) electrons. The van der Waals surface area contributed by atoms with Gasteiger partial charge in [0, 0.05) is 33.5 Å². The van der Waals surface area contributed by atoms with Gasteiger partial charge in [0.2, 0.25) is 11.9 Å². The van der Waals surface area contributed by atoms with E-state index in [9.17, 15) is 0 Å². The number of nitrogens with two attached hydrogens (primary N) is 2. The Labute approximate surface area is 188 Å². The van der Waals surface area contributed by atoms with Crippen LogP contribution in [-0.2, 0) is 0 Å². The Kier molecular flexibility index (Phi) is 6.09. The Balaban J connectivity index is 1.50. The van der Waals surface area contributed by atoms with E-state index in [1.807, 2.05) is 12.3 Å². The highest BCUT2D eigenvalue weighted by Crippen LogP contribution is 2.24. The first-order valence-electron chi connectivity index (χ1n) is 9.87. The van der Waals surface area contributed by atoms with Gasteiger partial charge < -0.3 is 21.7 Å². The summed E-state index contributed by atoms with van der Waals surface area (Å²) in [6.07, 6.45) is 0.0734. The summed E-state index contributed by atoms with van der Waals surface area (Å²) < 4.78 is 0. The summed E-state index contributed by atoms with van der Waals surface area (Å²) in [5, 5.41) is 13.5. The molecule has 2 aromatic heterocycles. The van der Waals surface area contributed by atoms with Gasteiger partial charge in [0.15, 0.2) is 11.9 Å². The molecule has 31 heavy (non-hydrogen) atoms. The van der Waals surface area contributed by atoms with Crippen molar-refractivity contribution in [3.63, 3.8) is 0 Å². The van der Waals surface area contributed by atoms with Crippen molar-refractivity contribution in [2.24, 2.45) is 31.4 Å². The number of rotatable bonds is 5. The monoisotopic (exact) mass is 458 g/mol. The fourth-order valence-electron chi connectivity index (χ4n) is 3.26. The molecule has 0 spiro atoms. The maximum absolute atomic E-state index is 6.01. The van der Waals surface area contributed by atoms with Crippen LogP contribution in [0, 0.1) is 13.8 Å². The van der Waals surface area contributed by atoms with Gasteiger partial charge in [-0.1, -0.05) is 0 Å². The van der Waals surface area contributed by atoms with Gasteiger partial charge in [0.05, 0.1) is 11.4 Å². The molecule has 12 heteroatoms. The molecule has 0 amide bonds. The molecule has 0 saturated carbocycles. The Hall–Kier alpha value is -3.12. The first-order chi connectivity index (χ1) is 14.9. The standard InChI is InChI=1S/C19H26N10S2/c1-10-6-13(8-30-10)24-18-26-15(25-17(21)27-18)4-5-29(14-7-11(2)31-9-14)19-23-12(3)22-16(20)28-19/h6-9,12,15H,4-5H2,1-3H3,(H3,20,22,23,28)(H4,21,24,25,26,27). The van der Waals surface area contributed by atoms with Crippen LogP contribution in [0.25, 0.3) is 0 Å². The zero-order valence-corrected chi connectivity index (χ0v) is 19.2. The van der Waals surface area contributed by atoms with Gasteiger partial charge in [-0.25, -0.2) is 20.0 Å². The zero-order chi connectivity index (χ0) is 22.0. The third-order valence-corrected chi connectivity index (χ3v) is 6.29. The molecule has 0 saturated heterocycles. The van der Waals surface area contributed by atoms with Crippen LogP contribution in [-0.4, -0.2) is 42.7 Å². The molecule has 0 bridgehead atoms. The lowest BCUT2D eigenvalue weighted by Gasteiger charge is -2.29. The van der Waals surface area contributed by atoms with Crippen LogP contribution in [0.4, 0.5) is 11.4 Å². The number of nitrogens with one attached hydrogen (secondary N) is 3. The molecule has 0 aliphatic carbocycles. The summed E-state index contributed by atoms with van der Waals surface area (Å²) >= 11 is 3.36. The largest absolute Gasteiger partial charge is 0.370 e. The van der Waals surface area contributed by atoms with Crippen molar-refractivity contribution in [1.29, 1.82) is 0 Å². The van der Waals surface area contributed by atoms with Crippen molar-refractivity contribution in [1.82, 2.24) is 10.6 Å². The maximum Gasteiger partial charge on any atom is 0.207 e. The van der Waals surface area contributed by atoms with E-state index in [4.69, 9.17) is 11.5 Å². The fourth-order valence-corrected chi connectivity index (χ4v) is 4.58. The van der Waals surface area contributed by atoms with Crippen LogP contribution in [0.1, 0.15) is 23.1 Å². The Morgan fingerprint density at radius 2 is 1.74 bits per heavy atom. The first-order valence-corrected chi connectivity index (χ1v) is 11.6. The second-order valence-electron chi connectivity index (χ2n) is 7.25. The minimum atomic E-state index is -0.321. The minimum Gasteiger partial charge on any atom is -0.370 e. The quantitative estimate of drug-likeness (QED) is 0.464. The molecule has 4 rings (SSSR count). The molecule has 0 fully saturated rings. The molecule has 2 aromatic rings. The first kappa shape index (κ1) is 21.1. The molecule has 2 aliphatic heterocycles. The molecular formula is C19H26N10S2. The summed E-state index contributed by atoms with van der Waals surface area (Å²) in [5.74, 6) is 1.95. The number of nitrogens with zero attached hydrogens (tertiary/aromatic N) is 5. The summed E-state index contributed by atoms with van der Waals surface area (Å²) in [4.78, 5) is 22.5. The maximum atomic E-state index is 6.01. The highest BCUT2D eigenvalue weighted by atomic mass is 32.1. The number of anilines is 2. The lowest BCUT2D eigenvalue weighted by atomic mass is 10.3. The van der Waals surface area contributed by atoms with Gasteiger partial charge in [-0.15, -0.1) is 22.7 Å². The van der Waals surface area contributed by atoms with Gasteiger partial charge in [-0.2, -0.15) is 0 Å². The summed E-state index contributed by atoms with van der Waals surface area (Å²) in [6, 6.07) is 4.18. The van der Waals surface area contributed by atoms with E-state index in [1.165, 1.54) is 9.75 Å². The molecule has 2 unspecified atom stereocenters. The van der Waals surface area contributed by atoms with E-state index < -0.39 is 0 Å². The smallest absolute Gasteiger partial charge is 0.207 e. The number of hydrogen-bond donors (Lipinski definition) is 5. The molecule has 7 N–H and O–H groups in total. The molecule has 10 nitrogen and oxygen atoms in total. The molecular weight excluding hydrogens is 432 g/mol. The van der Waals surface area contributed by atoms with E-state index in [-0.39, 0.29) is 12.3 Å². The van der Waals surface area contributed by atoms with Crippen molar-refractivity contribution in [3.05, 3.63) is 32.6 Å². The van der Waals surface area contributed by atoms with Crippen molar-refractivity contribution in [3.8, 4) is 0 Å². The third kappa shape index (κ3) is 5.33. The van der Waals surface area contributed by atoms with Crippen LogP contribution >= 0.6 is 22.7 Å². The van der Waals surface area contributed by atoms with Crippen LogP contribution in [0.5, 0.6) is 0 Å². The van der Waals surface area contributed by atoms with E-state index >= 15 is 0 Å². The number of aliphatic imine (C=N–C) groups is 4. The number of guanidine groups is 4. The lowest BCUT2D eigenvalue weighted by molar-refractivity contribution is 0.633. The Morgan fingerprint density at radius 1 is 1.00 bits per heavy atom. The third-order valence-electron chi connectivity index (χ3n) is 4.58. The molecule has 2 atom stereocenters. The summed E-state index contributed by atoms with van der Waals surface area (Å²) in [5.41, 5.74) is 14.0. The van der Waals surface area contributed by atoms with Gasteiger partial charge in [0.25, 0.3) is 0 Å². The average Bonchev–Trinajstić information content (AvgIpc) is 3.29. The van der Waals surface area contributed by atoms with E-state index in [2.05, 4.69) is 72.2 Å². The Bertz CT molecular complexity index is 1060. The predicted octanol–water partition coefficient (Wildman–Crippen LogP) is 1.95. The van der Waals surface area contributed by atoms with Crippen LogP contribution in [0.15, 0.2) is 42.9 Å². The highest BCUT2D eigenvalue weighted by molar-refractivity contribution is 7.10. The van der Waals surface area contributed by atoms with Crippen molar-refractivity contribution >= 4 is 57.9 Å². The van der Waals surface area contributed by atoms with E-state index in [0.717, 1.165) is 11.4 Å². The highest BCUT2D eigenvalue weighted by Gasteiger charge is 2.23. The van der Waals surface area contributed by atoms with Crippen LogP contribution < -0.4 is 32.3 Å². The summed E-state index contributed by atoms with van der Waals surface area (Å²) in [7, 11) is 0. The van der Waals surface area contributed by atoms with Gasteiger partial charge in [-0.05, 0) is 32.9 Å². The number of aryl methyl sites for hydroxylation is 2. The van der Waals surface area contributed by atoms with Gasteiger partial charge in [-0.3, -0.25) is 10.6 Å². The number of thiophene rings is 2. The predicted molar refractivity (Wildman–Crippen MR) is 131 cm³/mol. The average molecular weight is 459 g/mol. The van der Waals surface area contributed by atoms with Crippen LogP contribution in [0.2, 0.25) is 0 Å². The van der Waals surface area contributed by atoms with Gasteiger partial charge in [0.1, 0.15) is 12.3 Å². The van der Waals surface area contributed by atoms with E-state index in [0.29, 0.717) is 36.8 Å². The van der Waals surface area contributed by atoms with Crippen molar-refractivity contribution in [2.75, 3.05) is 16.8 Å². The second kappa shape index (κ2) is 8.94. The zero-order valence-electron chi connectivity index (χ0n) is 17.6. The molecule has 4 heterocycles. The SMILES string of the molecule is Cc1cc(NC2=NC(CCN(C3=NC(C)N=C(N)N3)c3csc(C)c3)N=C(N)N2)cs1. The van der Waals surface area contributed by atoms with Gasteiger partial charge >= 0.3 is 0 Å². The van der Waals surface area contributed by atoms with Crippen molar-refractivity contribution < 1.29 is 0 Å². The Morgan fingerprint density at radius 3 is 2.42 bits per heavy atom.